The molecule has 0 bridgehead atoms. The summed E-state index contributed by atoms with van der Waals surface area (Å²) >= 11 is 0.760. The molecule has 1 aliphatic rings. The van der Waals surface area contributed by atoms with Crippen LogP contribution >= 0.6 is 11.3 Å². The lowest BCUT2D eigenvalue weighted by Crippen LogP contribution is -2.36. The fourth-order valence-corrected chi connectivity index (χ4v) is 5.12. The third-order valence-corrected chi connectivity index (χ3v) is 6.94. The molecule has 1 aromatic rings. The Balaban J connectivity index is 2.28. The quantitative estimate of drug-likeness (QED) is 0.850. The first kappa shape index (κ1) is 15.5. The predicted molar refractivity (Wildman–Crippen MR) is 80.6 cm³/mol. The third-order valence-electron chi connectivity index (χ3n) is 3.49. The highest BCUT2D eigenvalue weighted by atomic mass is 32.2. The van der Waals surface area contributed by atoms with E-state index in [9.17, 15) is 13.2 Å². The number of aromatic amines is 1. The Labute approximate surface area is 123 Å². The number of rotatable bonds is 2. The number of H-pyrrole nitrogens is 1. The van der Waals surface area contributed by atoms with Gasteiger partial charge in [0.25, 0.3) is 10.0 Å². The minimum atomic E-state index is -3.56. The number of nitrogens with one attached hydrogen (secondary N) is 1. The van der Waals surface area contributed by atoms with E-state index in [1.807, 2.05) is 6.08 Å². The smallest absolute Gasteiger partial charge is 0.305 e. The van der Waals surface area contributed by atoms with Gasteiger partial charge in [-0.1, -0.05) is 43.8 Å². The SMILES string of the molecule is Cc1[nH]c(=O)sc1S(=O)(=O)N1CC=C(C(C)(C)C)CC1. The van der Waals surface area contributed by atoms with E-state index in [4.69, 9.17) is 0 Å². The summed E-state index contributed by atoms with van der Waals surface area (Å²) in [6.07, 6.45) is 2.73. The van der Waals surface area contributed by atoms with Crippen LogP contribution in [-0.4, -0.2) is 30.8 Å². The van der Waals surface area contributed by atoms with E-state index in [-0.39, 0.29) is 14.5 Å². The summed E-state index contributed by atoms with van der Waals surface area (Å²) in [4.78, 5) is 13.5. The van der Waals surface area contributed by atoms with Crippen molar-refractivity contribution in [3.63, 3.8) is 0 Å². The topological polar surface area (TPSA) is 70.2 Å². The maximum absolute atomic E-state index is 12.5. The maximum Gasteiger partial charge on any atom is 0.305 e. The van der Waals surface area contributed by atoms with Crippen LogP contribution in [0.5, 0.6) is 0 Å². The van der Waals surface area contributed by atoms with Crippen molar-refractivity contribution in [1.29, 1.82) is 0 Å². The van der Waals surface area contributed by atoms with Crippen LogP contribution in [0, 0.1) is 12.3 Å². The number of sulfonamides is 1. The molecule has 0 aromatic carbocycles. The van der Waals surface area contributed by atoms with Gasteiger partial charge in [-0.15, -0.1) is 0 Å². The van der Waals surface area contributed by atoms with Crippen molar-refractivity contribution in [3.8, 4) is 0 Å². The molecule has 1 aromatic heterocycles. The second kappa shape index (κ2) is 5.13. The van der Waals surface area contributed by atoms with Crippen molar-refractivity contribution < 1.29 is 8.42 Å². The molecule has 7 heteroatoms. The van der Waals surface area contributed by atoms with Crippen LogP contribution in [0.1, 0.15) is 32.9 Å². The van der Waals surface area contributed by atoms with E-state index in [0.29, 0.717) is 18.8 Å². The van der Waals surface area contributed by atoms with E-state index in [2.05, 4.69) is 25.8 Å². The molecule has 1 N–H and O–H groups in total. The summed E-state index contributed by atoms with van der Waals surface area (Å²) in [5.74, 6) is 0. The van der Waals surface area contributed by atoms with Gasteiger partial charge in [-0.25, -0.2) is 8.42 Å². The van der Waals surface area contributed by atoms with Crippen LogP contribution in [-0.2, 0) is 10.0 Å². The van der Waals surface area contributed by atoms with Crippen molar-refractivity contribution in [3.05, 3.63) is 27.0 Å². The molecule has 0 aliphatic carbocycles. The van der Waals surface area contributed by atoms with E-state index >= 15 is 0 Å². The first-order valence-electron chi connectivity index (χ1n) is 6.52. The molecule has 20 heavy (non-hydrogen) atoms. The van der Waals surface area contributed by atoms with Gasteiger partial charge in [0.15, 0.2) is 4.21 Å². The Morgan fingerprint density at radius 1 is 1.35 bits per heavy atom. The Kier molecular flexibility index (Phi) is 3.96. The summed E-state index contributed by atoms with van der Waals surface area (Å²) in [6.45, 7) is 8.85. The van der Waals surface area contributed by atoms with Gasteiger partial charge in [0.05, 0.1) is 0 Å². The van der Waals surface area contributed by atoms with Gasteiger partial charge < -0.3 is 4.98 Å². The van der Waals surface area contributed by atoms with Crippen molar-refractivity contribution >= 4 is 21.4 Å². The minimum Gasteiger partial charge on any atom is -0.315 e. The fraction of sp³-hybridized carbons (Fsp3) is 0.615. The van der Waals surface area contributed by atoms with Crippen molar-refractivity contribution in [1.82, 2.24) is 9.29 Å². The highest BCUT2D eigenvalue weighted by Crippen LogP contribution is 2.32. The molecule has 0 saturated heterocycles. The first-order valence-corrected chi connectivity index (χ1v) is 8.77. The summed E-state index contributed by atoms with van der Waals surface area (Å²) in [7, 11) is -3.56. The molecular formula is C13H20N2O3S2. The van der Waals surface area contributed by atoms with Crippen molar-refractivity contribution in [2.45, 2.75) is 38.3 Å². The van der Waals surface area contributed by atoms with Crippen LogP contribution in [0.4, 0.5) is 0 Å². The Hall–Kier alpha value is -0.920. The second-order valence-electron chi connectivity index (χ2n) is 6.02. The van der Waals surface area contributed by atoms with E-state index in [1.54, 1.807) is 6.92 Å². The van der Waals surface area contributed by atoms with Gasteiger partial charge >= 0.3 is 4.87 Å². The normalized spacial score (nSPS) is 18.1. The molecule has 0 atom stereocenters. The number of hydrogen-bond donors (Lipinski definition) is 1. The number of nitrogens with zero attached hydrogens (tertiary/aromatic N) is 1. The van der Waals surface area contributed by atoms with E-state index in [1.165, 1.54) is 9.88 Å². The molecule has 0 amide bonds. The predicted octanol–water partition coefficient (Wildman–Crippen LogP) is 2.11. The van der Waals surface area contributed by atoms with Crippen LogP contribution in [0.25, 0.3) is 0 Å². The molecule has 0 fully saturated rings. The molecule has 0 saturated carbocycles. The molecule has 5 nitrogen and oxygen atoms in total. The zero-order valence-electron chi connectivity index (χ0n) is 12.2. The van der Waals surface area contributed by atoms with E-state index in [0.717, 1.165) is 17.8 Å². The molecule has 0 unspecified atom stereocenters. The molecule has 0 spiro atoms. The lowest BCUT2D eigenvalue weighted by atomic mass is 9.83. The van der Waals surface area contributed by atoms with Gasteiger partial charge in [-0.05, 0) is 18.8 Å². The minimum absolute atomic E-state index is 0.0741. The summed E-state index contributed by atoms with van der Waals surface area (Å²) in [5, 5.41) is 0. The van der Waals surface area contributed by atoms with E-state index < -0.39 is 10.0 Å². The monoisotopic (exact) mass is 316 g/mol. The van der Waals surface area contributed by atoms with Crippen LogP contribution in [0.3, 0.4) is 0 Å². The number of aryl methyl sites for hydroxylation is 1. The average molecular weight is 316 g/mol. The molecule has 2 rings (SSSR count). The molecule has 1 aliphatic heterocycles. The highest BCUT2D eigenvalue weighted by molar-refractivity contribution is 7.91. The zero-order valence-corrected chi connectivity index (χ0v) is 13.8. The van der Waals surface area contributed by atoms with Gasteiger partial charge in [-0.2, -0.15) is 4.31 Å². The third kappa shape index (κ3) is 2.89. The standard InChI is InChI=1S/C13H20N2O3S2/c1-9-11(19-12(16)14-9)20(17,18)15-7-5-10(6-8-15)13(2,3)4/h5H,6-8H2,1-4H3,(H,14,16). The average Bonchev–Trinajstić information content (AvgIpc) is 2.68. The van der Waals surface area contributed by atoms with Gasteiger partial charge in [0, 0.05) is 18.8 Å². The maximum atomic E-state index is 12.5. The summed E-state index contributed by atoms with van der Waals surface area (Å²) in [5.41, 5.74) is 1.78. The molecule has 112 valence electrons. The lowest BCUT2D eigenvalue weighted by Gasteiger charge is -2.31. The Morgan fingerprint density at radius 2 is 2.00 bits per heavy atom. The molecule has 2 heterocycles. The number of thiazole rings is 1. The lowest BCUT2D eigenvalue weighted by molar-refractivity contribution is 0.390. The molecule has 0 radical (unpaired) electrons. The zero-order chi connectivity index (χ0) is 15.1. The Bertz CT molecular complexity index is 690. The van der Waals surface area contributed by atoms with Crippen LogP contribution in [0.15, 0.2) is 20.7 Å². The largest absolute Gasteiger partial charge is 0.315 e. The summed E-state index contributed by atoms with van der Waals surface area (Å²) in [6, 6.07) is 0. The Morgan fingerprint density at radius 3 is 2.40 bits per heavy atom. The van der Waals surface area contributed by atoms with Crippen LogP contribution < -0.4 is 4.87 Å². The fourth-order valence-electron chi connectivity index (χ4n) is 2.30. The number of aromatic nitrogens is 1. The van der Waals surface area contributed by atoms with Gasteiger partial charge in [0.2, 0.25) is 0 Å². The highest BCUT2D eigenvalue weighted by Gasteiger charge is 2.31. The van der Waals surface area contributed by atoms with Crippen molar-refractivity contribution in [2.24, 2.45) is 5.41 Å². The van der Waals surface area contributed by atoms with Crippen molar-refractivity contribution in [2.75, 3.05) is 13.1 Å². The first-order chi connectivity index (χ1) is 9.12. The molecular weight excluding hydrogens is 296 g/mol. The van der Waals surface area contributed by atoms with Gasteiger partial charge in [0.1, 0.15) is 0 Å². The number of hydrogen-bond acceptors (Lipinski definition) is 4. The summed E-state index contributed by atoms with van der Waals surface area (Å²) < 4.78 is 26.6. The van der Waals surface area contributed by atoms with Gasteiger partial charge in [-0.3, -0.25) is 4.79 Å². The van der Waals surface area contributed by atoms with Crippen LogP contribution in [0.2, 0.25) is 0 Å². The second-order valence-corrected chi connectivity index (χ2v) is 9.14.